The van der Waals surface area contributed by atoms with Gasteiger partial charge in [-0.2, -0.15) is 13.2 Å². The van der Waals surface area contributed by atoms with Crippen LogP contribution in [0.3, 0.4) is 0 Å². The van der Waals surface area contributed by atoms with Gasteiger partial charge in [0.25, 0.3) is 5.56 Å². The molecular formula is C20H16F4N4O. The molecule has 1 aliphatic rings. The molecular weight excluding hydrogens is 388 g/mol. The molecule has 0 atom stereocenters. The maximum Gasteiger partial charge on any atom is 0.416 e. The van der Waals surface area contributed by atoms with Gasteiger partial charge in [-0.1, -0.05) is 6.07 Å². The summed E-state index contributed by atoms with van der Waals surface area (Å²) >= 11 is 0. The Morgan fingerprint density at radius 2 is 2.00 bits per heavy atom. The van der Waals surface area contributed by atoms with Crippen LogP contribution in [0.15, 0.2) is 47.5 Å². The van der Waals surface area contributed by atoms with Crippen LogP contribution < -0.4 is 5.56 Å². The molecule has 1 N–H and O–H groups in total. The third-order valence-corrected chi connectivity index (χ3v) is 4.89. The molecule has 150 valence electrons. The first-order valence-corrected chi connectivity index (χ1v) is 8.92. The number of benzene rings is 1. The fourth-order valence-electron chi connectivity index (χ4n) is 3.48. The molecule has 1 aliphatic heterocycles. The van der Waals surface area contributed by atoms with Gasteiger partial charge in [-0.15, -0.1) is 0 Å². The van der Waals surface area contributed by atoms with E-state index in [-0.39, 0.29) is 18.6 Å². The molecule has 4 rings (SSSR count). The molecule has 0 aliphatic carbocycles. The summed E-state index contributed by atoms with van der Waals surface area (Å²) in [7, 11) is 0. The second-order valence-corrected chi connectivity index (χ2v) is 6.81. The molecule has 0 radical (unpaired) electrons. The van der Waals surface area contributed by atoms with Crippen molar-refractivity contribution in [2.24, 2.45) is 0 Å². The smallest absolute Gasteiger partial charge is 0.306 e. The minimum absolute atomic E-state index is 0.151. The molecule has 5 nitrogen and oxygen atoms in total. The number of halogens is 4. The van der Waals surface area contributed by atoms with Crippen LogP contribution >= 0.6 is 0 Å². The van der Waals surface area contributed by atoms with Crippen LogP contribution in [0.2, 0.25) is 0 Å². The fourth-order valence-corrected chi connectivity index (χ4v) is 3.48. The van der Waals surface area contributed by atoms with Crippen LogP contribution in [0.4, 0.5) is 17.6 Å². The monoisotopic (exact) mass is 404 g/mol. The third kappa shape index (κ3) is 3.91. The Morgan fingerprint density at radius 3 is 2.72 bits per heavy atom. The molecule has 29 heavy (non-hydrogen) atoms. The summed E-state index contributed by atoms with van der Waals surface area (Å²) in [4.78, 5) is 25.3. The quantitative estimate of drug-likeness (QED) is 0.679. The predicted molar refractivity (Wildman–Crippen MR) is 97.3 cm³/mol. The number of fused-ring (bicyclic) bond motifs is 1. The number of aromatic nitrogens is 3. The maximum atomic E-state index is 14.2. The van der Waals surface area contributed by atoms with E-state index in [2.05, 4.69) is 15.0 Å². The highest BCUT2D eigenvalue weighted by Gasteiger charge is 2.35. The average Bonchev–Trinajstić information content (AvgIpc) is 2.69. The molecule has 1 aromatic carbocycles. The highest BCUT2D eigenvalue weighted by Crippen LogP contribution is 2.34. The highest BCUT2D eigenvalue weighted by atomic mass is 19.4. The van der Waals surface area contributed by atoms with Gasteiger partial charge in [0.05, 0.1) is 11.3 Å². The molecule has 0 spiro atoms. The standard InChI is InChI=1S/C20H16F4N4O/c21-16-5-1-4-15(20(22,23)24)14(16)10-28-8-6-13-17(11-28)26-18(27-19(13)29)12-3-2-7-25-9-12/h1-5,7,9H,6,8,10-11H2,(H,26,27,29). The topological polar surface area (TPSA) is 61.9 Å². The van der Waals surface area contributed by atoms with Gasteiger partial charge in [-0.05, 0) is 30.7 Å². The summed E-state index contributed by atoms with van der Waals surface area (Å²) in [6, 6.07) is 6.39. The van der Waals surface area contributed by atoms with E-state index in [9.17, 15) is 22.4 Å². The number of hydrogen-bond acceptors (Lipinski definition) is 4. The molecule has 0 unspecified atom stereocenters. The second-order valence-electron chi connectivity index (χ2n) is 6.81. The normalized spacial score (nSPS) is 14.6. The molecule has 0 saturated carbocycles. The van der Waals surface area contributed by atoms with Crippen molar-refractivity contribution in [3.05, 3.63) is 81.3 Å². The van der Waals surface area contributed by atoms with Crippen LogP contribution in [-0.2, 0) is 25.7 Å². The third-order valence-electron chi connectivity index (χ3n) is 4.89. The average molecular weight is 404 g/mol. The van der Waals surface area contributed by atoms with Gasteiger partial charge in [0.15, 0.2) is 0 Å². The number of hydrogen-bond donors (Lipinski definition) is 1. The zero-order chi connectivity index (χ0) is 20.6. The number of aromatic amines is 1. The van der Waals surface area contributed by atoms with E-state index in [1.165, 1.54) is 0 Å². The number of alkyl halides is 3. The van der Waals surface area contributed by atoms with Crippen molar-refractivity contribution in [1.82, 2.24) is 19.9 Å². The van der Waals surface area contributed by atoms with Crippen LogP contribution in [0.5, 0.6) is 0 Å². The summed E-state index contributed by atoms with van der Waals surface area (Å²) in [6.07, 6.45) is -1.18. The van der Waals surface area contributed by atoms with E-state index >= 15 is 0 Å². The van der Waals surface area contributed by atoms with Gasteiger partial charge in [-0.3, -0.25) is 14.7 Å². The summed E-state index contributed by atoms with van der Waals surface area (Å²) in [5, 5.41) is 0. The van der Waals surface area contributed by atoms with Crippen molar-refractivity contribution in [3.8, 4) is 11.4 Å². The number of nitrogens with one attached hydrogen (secondary N) is 1. The lowest BCUT2D eigenvalue weighted by Gasteiger charge is -2.28. The van der Waals surface area contributed by atoms with Gasteiger partial charge >= 0.3 is 6.18 Å². The zero-order valence-corrected chi connectivity index (χ0v) is 15.1. The lowest BCUT2D eigenvalue weighted by molar-refractivity contribution is -0.138. The molecule has 0 fully saturated rings. The zero-order valence-electron chi connectivity index (χ0n) is 15.1. The van der Waals surface area contributed by atoms with E-state index in [0.29, 0.717) is 35.6 Å². The van der Waals surface area contributed by atoms with E-state index in [0.717, 1.165) is 18.2 Å². The Bertz CT molecular complexity index is 1100. The molecule has 9 heteroatoms. The first kappa shape index (κ1) is 19.3. The molecule has 2 aromatic heterocycles. The minimum Gasteiger partial charge on any atom is -0.306 e. The van der Waals surface area contributed by atoms with E-state index < -0.39 is 23.1 Å². The molecule has 0 amide bonds. The van der Waals surface area contributed by atoms with Crippen LogP contribution in [0.1, 0.15) is 22.4 Å². The van der Waals surface area contributed by atoms with Crippen molar-refractivity contribution in [2.45, 2.75) is 25.7 Å². The number of nitrogens with zero attached hydrogens (tertiary/aromatic N) is 3. The first-order valence-electron chi connectivity index (χ1n) is 8.92. The fraction of sp³-hybridized carbons (Fsp3) is 0.250. The van der Waals surface area contributed by atoms with E-state index in [4.69, 9.17) is 0 Å². The van der Waals surface area contributed by atoms with Crippen LogP contribution in [0.25, 0.3) is 11.4 Å². The van der Waals surface area contributed by atoms with Gasteiger partial charge in [0, 0.05) is 48.7 Å². The summed E-state index contributed by atoms with van der Waals surface area (Å²) < 4.78 is 54.0. The van der Waals surface area contributed by atoms with Gasteiger partial charge in [0.1, 0.15) is 11.6 Å². The van der Waals surface area contributed by atoms with Crippen molar-refractivity contribution >= 4 is 0 Å². The summed E-state index contributed by atoms with van der Waals surface area (Å²) in [6.45, 7) is 0.255. The van der Waals surface area contributed by atoms with Crippen molar-refractivity contribution < 1.29 is 17.6 Å². The second kappa shape index (κ2) is 7.40. The van der Waals surface area contributed by atoms with E-state index in [1.54, 1.807) is 29.4 Å². The number of rotatable bonds is 3. The Balaban J connectivity index is 1.65. The SMILES string of the molecule is O=c1[nH]c(-c2cccnc2)nc2c1CCN(Cc1c(F)cccc1C(F)(F)F)C2. The summed E-state index contributed by atoms with van der Waals surface area (Å²) in [5.74, 6) is -0.564. The lowest BCUT2D eigenvalue weighted by atomic mass is 10.0. The first-order chi connectivity index (χ1) is 13.8. The maximum absolute atomic E-state index is 14.2. The Kier molecular flexibility index (Phi) is 4.91. The number of H-pyrrole nitrogens is 1. The number of pyridine rings is 1. The summed E-state index contributed by atoms with van der Waals surface area (Å²) in [5.41, 5.74) is -0.0745. The Hall–Kier alpha value is -3.07. The van der Waals surface area contributed by atoms with Gasteiger partial charge < -0.3 is 4.98 Å². The Labute approximate surface area is 163 Å². The minimum atomic E-state index is -4.64. The Morgan fingerprint density at radius 1 is 1.17 bits per heavy atom. The van der Waals surface area contributed by atoms with Crippen molar-refractivity contribution in [3.63, 3.8) is 0 Å². The predicted octanol–water partition coefficient (Wildman–Crippen LogP) is 3.55. The van der Waals surface area contributed by atoms with Gasteiger partial charge in [0.2, 0.25) is 0 Å². The van der Waals surface area contributed by atoms with Gasteiger partial charge in [-0.25, -0.2) is 9.37 Å². The lowest BCUT2D eigenvalue weighted by Crippen LogP contribution is -2.35. The molecule has 0 bridgehead atoms. The van der Waals surface area contributed by atoms with Crippen LogP contribution in [-0.4, -0.2) is 26.4 Å². The van der Waals surface area contributed by atoms with Crippen molar-refractivity contribution in [1.29, 1.82) is 0 Å². The molecule has 0 saturated heterocycles. The highest BCUT2D eigenvalue weighted by molar-refractivity contribution is 5.53. The largest absolute Gasteiger partial charge is 0.416 e. The van der Waals surface area contributed by atoms with Crippen LogP contribution in [0, 0.1) is 5.82 Å². The van der Waals surface area contributed by atoms with E-state index in [1.807, 2.05) is 0 Å². The molecule has 3 heterocycles. The van der Waals surface area contributed by atoms with Crippen molar-refractivity contribution in [2.75, 3.05) is 6.54 Å². The molecule has 3 aromatic rings.